The number of nitrogens with one attached hydrogen (secondary N) is 1. The lowest BCUT2D eigenvalue weighted by Gasteiger charge is -2.28. The first-order chi connectivity index (χ1) is 16.9. The van der Waals surface area contributed by atoms with Crippen LogP contribution >= 0.6 is 22.9 Å². The van der Waals surface area contributed by atoms with Gasteiger partial charge in [-0.25, -0.2) is 4.98 Å². The molecule has 1 fully saturated rings. The Hall–Kier alpha value is -3.26. The summed E-state index contributed by atoms with van der Waals surface area (Å²) in [6.07, 6.45) is 0. The number of halogens is 1. The van der Waals surface area contributed by atoms with Crippen LogP contribution in [0.1, 0.15) is 21.6 Å². The molecule has 1 aliphatic heterocycles. The van der Waals surface area contributed by atoms with Gasteiger partial charge in [-0.2, -0.15) is 0 Å². The summed E-state index contributed by atoms with van der Waals surface area (Å²) in [6.45, 7) is 6.59. The zero-order valence-corrected chi connectivity index (χ0v) is 21.1. The number of nitrogens with zero attached hydrogens (tertiary/aromatic N) is 3. The molecule has 8 heteroatoms. The molecule has 0 spiro atoms. The number of hydrogen-bond acceptors (Lipinski definition) is 5. The number of aryl methyl sites for hydroxylation is 1. The Labute approximate surface area is 212 Å². The lowest BCUT2D eigenvalue weighted by molar-refractivity contribution is 0.0734. The van der Waals surface area contributed by atoms with Gasteiger partial charge in [-0.15, -0.1) is 11.3 Å². The Morgan fingerprint density at radius 2 is 1.77 bits per heavy atom. The van der Waals surface area contributed by atoms with Gasteiger partial charge in [0.1, 0.15) is 5.01 Å². The van der Waals surface area contributed by atoms with Gasteiger partial charge < -0.3 is 10.2 Å². The number of benzene rings is 2. The normalized spacial score (nSPS) is 13.7. The largest absolute Gasteiger partial charge is 0.336 e. The Balaban J connectivity index is 1.68. The summed E-state index contributed by atoms with van der Waals surface area (Å²) in [6, 6.07) is 16.9. The van der Waals surface area contributed by atoms with Crippen molar-refractivity contribution in [3.8, 4) is 27.5 Å². The van der Waals surface area contributed by atoms with Gasteiger partial charge in [0.15, 0.2) is 0 Å². The van der Waals surface area contributed by atoms with E-state index in [-0.39, 0.29) is 11.5 Å². The minimum Gasteiger partial charge on any atom is -0.336 e. The van der Waals surface area contributed by atoms with Crippen LogP contribution in [0.25, 0.3) is 27.5 Å². The summed E-state index contributed by atoms with van der Waals surface area (Å²) in [7, 11) is 0. The molecule has 5 rings (SSSR count). The first-order valence-corrected chi connectivity index (χ1v) is 12.7. The Morgan fingerprint density at radius 3 is 2.49 bits per heavy atom. The van der Waals surface area contributed by atoms with Crippen LogP contribution in [0.2, 0.25) is 5.02 Å². The van der Waals surface area contributed by atoms with E-state index in [0.717, 1.165) is 35.6 Å². The monoisotopic (exact) mass is 504 g/mol. The second-order valence-corrected chi connectivity index (χ2v) is 9.87. The zero-order valence-electron chi connectivity index (χ0n) is 19.5. The molecule has 4 aromatic rings. The van der Waals surface area contributed by atoms with Crippen LogP contribution in [0.15, 0.2) is 64.8 Å². The lowest BCUT2D eigenvalue weighted by Crippen LogP contribution is -2.47. The average Bonchev–Trinajstić information content (AvgIpc) is 3.36. The van der Waals surface area contributed by atoms with Crippen molar-refractivity contribution < 1.29 is 4.79 Å². The van der Waals surface area contributed by atoms with E-state index >= 15 is 0 Å². The molecule has 0 radical (unpaired) electrons. The van der Waals surface area contributed by atoms with E-state index in [1.54, 1.807) is 10.6 Å². The minimum absolute atomic E-state index is 0.0675. The highest BCUT2D eigenvalue weighted by Crippen LogP contribution is 2.30. The smallest absolute Gasteiger partial charge is 0.265 e. The Bertz CT molecular complexity index is 1450. The molecule has 0 bridgehead atoms. The predicted octanol–water partition coefficient (Wildman–Crippen LogP) is 4.94. The third-order valence-corrected chi connectivity index (χ3v) is 7.44. The molecule has 1 aliphatic rings. The molecule has 0 atom stereocenters. The lowest BCUT2D eigenvalue weighted by atomic mass is 10.1. The molecule has 35 heavy (non-hydrogen) atoms. The topological polar surface area (TPSA) is 67.2 Å². The number of pyridine rings is 1. The molecule has 6 nitrogen and oxygen atoms in total. The summed E-state index contributed by atoms with van der Waals surface area (Å²) in [5.74, 6) is -0.0675. The van der Waals surface area contributed by atoms with Gasteiger partial charge in [0.05, 0.1) is 22.5 Å². The quantitative estimate of drug-likeness (QED) is 0.427. The van der Waals surface area contributed by atoms with Crippen molar-refractivity contribution in [1.29, 1.82) is 0 Å². The van der Waals surface area contributed by atoms with Gasteiger partial charge in [-0.3, -0.25) is 14.2 Å². The van der Waals surface area contributed by atoms with E-state index in [4.69, 9.17) is 16.6 Å². The molecular weight excluding hydrogens is 480 g/mol. The van der Waals surface area contributed by atoms with Crippen molar-refractivity contribution >= 4 is 28.8 Å². The SMILES string of the molecule is Cc1ccccc1-n1c(C)c(C(=O)N2CCNCC2)cc(-c2nc(-c3ccc(Cl)cc3)cs2)c1=O. The van der Waals surface area contributed by atoms with Crippen LogP contribution in [0.5, 0.6) is 0 Å². The summed E-state index contributed by atoms with van der Waals surface area (Å²) < 4.78 is 1.66. The third-order valence-electron chi connectivity index (χ3n) is 6.31. The fourth-order valence-corrected chi connectivity index (χ4v) is 5.33. The molecule has 2 aromatic carbocycles. The van der Waals surface area contributed by atoms with Crippen molar-refractivity contribution in [1.82, 2.24) is 19.8 Å². The van der Waals surface area contributed by atoms with Crippen LogP contribution in [0.4, 0.5) is 0 Å². The predicted molar refractivity (Wildman–Crippen MR) is 142 cm³/mol. The van der Waals surface area contributed by atoms with Crippen LogP contribution in [-0.4, -0.2) is 46.5 Å². The number of thiazole rings is 1. The first-order valence-electron chi connectivity index (χ1n) is 11.5. The van der Waals surface area contributed by atoms with Crippen molar-refractivity contribution in [2.45, 2.75) is 13.8 Å². The Morgan fingerprint density at radius 1 is 1.06 bits per heavy atom. The maximum atomic E-state index is 13.9. The van der Waals surface area contributed by atoms with E-state index in [1.807, 2.05) is 72.7 Å². The van der Waals surface area contributed by atoms with E-state index in [9.17, 15) is 9.59 Å². The minimum atomic E-state index is -0.189. The van der Waals surface area contributed by atoms with Crippen LogP contribution < -0.4 is 10.9 Å². The number of para-hydroxylation sites is 1. The molecule has 1 amide bonds. The van der Waals surface area contributed by atoms with Gasteiger partial charge in [0.25, 0.3) is 11.5 Å². The molecule has 0 aliphatic carbocycles. The number of aromatic nitrogens is 2. The highest BCUT2D eigenvalue weighted by Gasteiger charge is 2.25. The van der Waals surface area contributed by atoms with Gasteiger partial charge in [-0.1, -0.05) is 41.9 Å². The van der Waals surface area contributed by atoms with Crippen LogP contribution in [-0.2, 0) is 0 Å². The van der Waals surface area contributed by atoms with Crippen molar-refractivity contribution in [3.63, 3.8) is 0 Å². The van der Waals surface area contributed by atoms with E-state index in [0.29, 0.717) is 39.9 Å². The molecule has 0 unspecified atom stereocenters. The molecular formula is C27H25ClN4O2S. The van der Waals surface area contributed by atoms with Crippen molar-refractivity contribution in [2.75, 3.05) is 26.2 Å². The fraction of sp³-hybridized carbons (Fsp3) is 0.222. The summed E-state index contributed by atoms with van der Waals surface area (Å²) >= 11 is 7.43. The van der Waals surface area contributed by atoms with Gasteiger partial charge in [0.2, 0.25) is 0 Å². The van der Waals surface area contributed by atoms with E-state index in [1.165, 1.54) is 11.3 Å². The molecule has 0 saturated carbocycles. The summed E-state index contributed by atoms with van der Waals surface area (Å²) in [5, 5.41) is 6.44. The number of carbonyl (C=O) groups is 1. The second kappa shape index (κ2) is 9.77. The molecule has 3 heterocycles. The molecule has 1 saturated heterocycles. The number of hydrogen-bond donors (Lipinski definition) is 1. The molecule has 2 aromatic heterocycles. The molecule has 1 N–H and O–H groups in total. The van der Waals surface area contributed by atoms with Crippen LogP contribution in [0, 0.1) is 13.8 Å². The highest BCUT2D eigenvalue weighted by molar-refractivity contribution is 7.13. The maximum absolute atomic E-state index is 13.9. The Kier molecular flexibility index (Phi) is 6.56. The maximum Gasteiger partial charge on any atom is 0.265 e. The number of amides is 1. The number of piperazine rings is 1. The second-order valence-electron chi connectivity index (χ2n) is 8.57. The average molecular weight is 505 g/mol. The van der Waals surface area contributed by atoms with E-state index in [2.05, 4.69) is 5.32 Å². The summed E-state index contributed by atoms with van der Waals surface area (Å²) in [4.78, 5) is 34.1. The fourth-order valence-electron chi connectivity index (χ4n) is 4.37. The van der Waals surface area contributed by atoms with Crippen LogP contribution in [0.3, 0.4) is 0 Å². The summed E-state index contributed by atoms with van der Waals surface area (Å²) in [5.41, 5.74) is 4.78. The van der Waals surface area contributed by atoms with Crippen molar-refractivity contribution in [3.05, 3.63) is 92.2 Å². The molecule has 178 valence electrons. The number of carbonyl (C=O) groups excluding carboxylic acids is 1. The standard InChI is InChI=1S/C27H25ClN4O2S/c1-17-5-3-4-6-24(17)32-18(2)21(26(33)31-13-11-29-12-14-31)15-22(27(32)34)25-30-23(16-35-25)19-7-9-20(28)10-8-19/h3-10,15-16,29H,11-14H2,1-2H3. The highest BCUT2D eigenvalue weighted by atomic mass is 35.5. The number of rotatable bonds is 4. The first kappa shape index (κ1) is 23.5. The third kappa shape index (κ3) is 4.55. The van der Waals surface area contributed by atoms with Crippen molar-refractivity contribution in [2.24, 2.45) is 0 Å². The van der Waals surface area contributed by atoms with Gasteiger partial charge in [0, 0.05) is 47.8 Å². The van der Waals surface area contributed by atoms with E-state index < -0.39 is 0 Å². The van der Waals surface area contributed by atoms with Gasteiger partial charge in [-0.05, 0) is 43.7 Å². The zero-order chi connectivity index (χ0) is 24.5. The van der Waals surface area contributed by atoms with Gasteiger partial charge >= 0.3 is 0 Å².